The molecule has 0 amide bonds. The van der Waals surface area contributed by atoms with Crippen molar-refractivity contribution < 1.29 is 18.3 Å². The zero-order chi connectivity index (χ0) is 26.7. The molecule has 1 saturated carbocycles. The van der Waals surface area contributed by atoms with Crippen molar-refractivity contribution in [2.24, 2.45) is 45.3 Å². The molecule has 0 aromatic carbocycles. The predicted molar refractivity (Wildman–Crippen MR) is 150 cm³/mol. The normalized spacial score (nSPS) is 37.7. The monoisotopic (exact) mass is 496 g/mol. The standard InChI is InChI=1S/C27H55B2O4P/c1-24(2,3)16-14-17(28)19(25(4,5)6)22(16)33-34(13,30)31-15-18-20(26(7,8)9)21(23(29)32-18)27(10,11)12/h16-23H,14-15,28-29H2,1-13H3/t16-,17+,18+,19+,20?,21-,22?,23+,34-/m0/s1. The maximum Gasteiger partial charge on any atom is 0.328 e. The van der Waals surface area contributed by atoms with Gasteiger partial charge in [0.05, 0.1) is 18.8 Å². The first-order chi connectivity index (χ1) is 15.0. The summed E-state index contributed by atoms with van der Waals surface area (Å²) in [5.41, 5.74) is 0.342. The van der Waals surface area contributed by atoms with E-state index in [0.29, 0.717) is 36.1 Å². The van der Waals surface area contributed by atoms with E-state index in [1.54, 1.807) is 6.66 Å². The fraction of sp³-hybridized carbons (Fsp3) is 1.00. The molecule has 1 aliphatic carbocycles. The quantitative estimate of drug-likeness (QED) is 0.344. The minimum Gasteiger partial charge on any atom is -0.381 e. The Balaban J connectivity index is 2.24. The van der Waals surface area contributed by atoms with Crippen LogP contribution in [0.4, 0.5) is 0 Å². The fourth-order valence-corrected chi connectivity index (χ4v) is 8.70. The number of ether oxygens (including phenoxy) is 1. The topological polar surface area (TPSA) is 44.8 Å². The number of hydrogen-bond donors (Lipinski definition) is 0. The van der Waals surface area contributed by atoms with E-state index in [4.69, 9.17) is 13.8 Å². The lowest BCUT2D eigenvalue weighted by Gasteiger charge is -2.42. The molecule has 198 valence electrons. The van der Waals surface area contributed by atoms with Gasteiger partial charge >= 0.3 is 7.60 Å². The Morgan fingerprint density at radius 3 is 1.68 bits per heavy atom. The average Bonchev–Trinajstić information content (AvgIpc) is 3.08. The highest BCUT2D eigenvalue weighted by Crippen LogP contribution is 2.60. The Bertz CT molecular complexity index is 744. The van der Waals surface area contributed by atoms with Gasteiger partial charge in [0.15, 0.2) is 0 Å². The van der Waals surface area contributed by atoms with Gasteiger partial charge in [-0.1, -0.05) is 95.3 Å². The molecular weight excluding hydrogens is 441 g/mol. The molecular formula is C27H55B2O4P. The van der Waals surface area contributed by atoms with Crippen LogP contribution in [0.25, 0.3) is 0 Å². The highest BCUT2D eigenvalue weighted by atomic mass is 31.2. The zero-order valence-corrected chi connectivity index (χ0v) is 26.0. The highest BCUT2D eigenvalue weighted by Gasteiger charge is 2.54. The summed E-state index contributed by atoms with van der Waals surface area (Å²) in [6.45, 7) is 29.4. The Morgan fingerprint density at radius 2 is 1.26 bits per heavy atom. The Hall–Kier alpha value is 0.240. The molecule has 0 aromatic rings. The molecule has 1 heterocycles. The molecule has 34 heavy (non-hydrogen) atoms. The molecule has 1 aliphatic heterocycles. The SMILES string of the molecule is B[C@@H]1C[C@H](C(C)(C)C)C(O[P@@](C)(=O)OC[C@H]2O[C@@H](B)[C@@H](C(C)(C)C)C2C(C)(C)C)[C@@H]1C(C)(C)C. The van der Waals surface area contributed by atoms with Crippen LogP contribution in [-0.2, 0) is 18.3 Å². The van der Waals surface area contributed by atoms with Gasteiger partial charge in [-0.2, -0.15) is 0 Å². The zero-order valence-electron chi connectivity index (χ0n) is 25.1. The van der Waals surface area contributed by atoms with Gasteiger partial charge in [-0.3, -0.25) is 4.57 Å². The van der Waals surface area contributed by atoms with Gasteiger partial charge in [-0.15, -0.1) is 0 Å². The minimum absolute atomic E-state index is 0.0604. The molecule has 2 unspecified atom stereocenters. The summed E-state index contributed by atoms with van der Waals surface area (Å²) in [4.78, 5) is 0. The molecule has 0 aromatic heterocycles. The van der Waals surface area contributed by atoms with E-state index in [0.717, 1.165) is 6.42 Å². The Kier molecular flexibility index (Phi) is 8.82. The first-order valence-electron chi connectivity index (χ1n) is 13.5. The second kappa shape index (κ2) is 9.85. The van der Waals surface area contributed by atoms with E-state index in [1.807, 2.05) is 0 Å². The maximum absolute atomic E-state index is 13.8. The van der Waals surface area contributed by atoms with Crippen molar-refractivity contribution in [3.05, 3.63) is 0 Å². The van der Waals surface area contributed by atoms with E-state index in [-0.39, 0.29) is 39.9 Å². The average molecular weight is 496 g/mol. The van der Waals surface area contributed by atoms with Crippen LogP contribution in [0.15, 0.2) is 0 Å². The summed E-state index contributed by atoms with van der Waals surface area (Å²) in [7, 11) is 1.23. The smallest absolute Gasteiger partial charge is 0.328 e. The van der Waals surface area contributed by atoms with Gasteiger partial charge in [-0.05, 0) is 45.3 Å². The summed E-state index contributed by atoms with van der Waals surface area (Å²) < 4.78 is 33.0. The van der Waals surface area contributed by atoms with Crippen molar-refractivity contribution in [2.75, 3.05) is 13.3 Å². The van der Waals surface area contributed by atoms with Crippen LogP contribution in [0.5, 0.6) is 0 Å². The van der Waals surface area contributed by atoms with Gasteiger partial charge in [0.2, 0.25) is 0 Å². The van der Waals surface area contributed by atoms with Crippen molar-refractivity contribution in [3.8, 4) is 0 Å². The van der Waals surface area contributed by atoms with E-state index in [2.05, 4.69) is 98.8 Å². The van der Waals surface area contributed by atoms with Crippen molar-refractivity contribution in [1.82, 2.24) is 0 Å². The molecule has 0 radical (unpaired) electrons. The Labute approximate surface area is 213 Å². The van der Waals surface area contributed by atoms with Gasteiger partial charge in [-0.25, -0.2) is 0 Å². The van der Waals surface area contributed by atoms with E-state index in [9.17, 15) is 4.57 Å². The summed E-state index contributed by atoms with van der Waals surface area (Å²) in [5.74, 6) is 1.93. The lowest BCUT2D eigenvalue weighted by molar-refractivity contribution is -0.0119. The van der Waals surface area contributed by atoms with Crippen LogP contribution in [-0.4, -0.2) is 47.2 Å². The van der Waals surface area contributed by atoms with Crippen LogP contribution in [0.1, 0.15) is 89.5 Å². The van der Waals surface area contributed by atoms with Gasteiger partial charge in [0, 0.05) is 12.7 Å². The van der Waals surface area contributed by atoms with E-state index < -0.39 is 7.60 Å². The minimum atomic E-state index is -3.27. The van der Waals surface area contributed by atoms with Gasteiger partial charge in [0.25, 0.3) is 0 Å². The molecule has 9 atom stereocenters. The third-order valence-corrected chi connectivity index (χ3v) is 9.82. The summed E-state index contributed by atoms with van der Waals surface area (Å²) >= 11 is 0. The van der Waals surface area contributed by atoms with Crippen LogP contribution < -0.4 is 0 Å². The van der Waals surface area contributed by atoms with Crippen LogP contribution in [0, 0.1) is 45.3 Å². The maximum atomic E-state index is 13.8. The number of hydrogen-bond acceptors (Lipinski definition) is 4. The molecule has 0 N–H and O–H groups in total. The van der Waals surface area contributed by atoms with E-state index in [1.165, 1.54) is 0 Å². The lowest BCUT2D eigenvalue weighted by atomic mass is 9.59. The molecule has 4 nitrogen and oxygen atoms in total. The highest BCUT2D eigenvalue weighted by molar-refractivity contribution is 7.53. The summed E-state index contributed by atoms with van der Waals surface area (Å²) in [6.07, 6.45) is 0.934. The van der Waals surface area contributed by atoms with Crippen molar-refractivity contribution in [2.45, 2.75) is 114 Å². The second-order valence-corrected chi connectivity index (χ2v) is 17.9. The third-order valence-electron chi connectivity index (χ3n) is 8.57. The Morgan fingerprint density at radius 1 is 0.794 bits per heavy atom. The summed E-state index contributed by atoms with van der Waals surface area (Å²) in [5, 5.41) is 0. The largest absolute Gasteiger partial charge is 0.381 e. The molecule has 1 saturated heterocycles. The van der Waals surface area contributed by atoms with Gasteiger partial charge in [0.1, 0.15) is 15.7 Å². The molecule has 2 fully saturated rings. The molecule has 7 heteroatoms. The van der Waals surface area contributed by atoms with Crippen molar-refractivity contribution >= 4 is 23.3 Å². The molecule has 2 aliphatic rings. The summed E-state index contributed by atoms with van der Waals surface area (Å²) in [6, 6.07) is 0.140. The van der Waals surface area contributed by atoms with Gasteiger partial charge < -0.3 is 13.8 Å². The first kappa shape index (κ1) is 30.5. The van der Waals surface area contributed by atoms with Crippen molar-refractivity contribution in [1.29, 1.82) is 0 Å². The number of rotatable bonds is 5. The lowest BCUT2D eigenvalue weighted by Crippen LogP contribution is -2.41. The second-order valence-electron chi connectivity index (χ2n) is 15.9. The fourth-order valence-electron chi connectivity index (χ4n) is 7.50. The molecule has 2 rings (SSSR count). The van der Waals surface area contributed by atoms with Crippen molar-refractivity contribution in [3.63, 3.8) is 0 Å². The molecule has 0 bridgehead atoms. The molecule has 0 spiro atoms. The van der Waals surface area contributed by atoms with Crippen LogP contribution in [0.2, 0.25) is 5.82 Å². The van der Waals surface area contributed by atoms with Crippen LogP contribution >= 0.6 is 7.60 Å². The van der Waals surface area contributed by atoms with E-state index >= 15 is 0 Å². The predicted octanol–water partition coefficient (Wildman–Crippen LogP) is 6.04. The third kappa shape index (κ3) is 6.96. The first-order valence-corrected chi connectivity index (χ1v) is 15.5. The van der Waals surface area contributed by atoms with Crippen LogP contribution in [0.3, 0.4) is 0 Å².